The number of benzene rings is 2. The summed E-state index contributed by atoms with van der Waals surface area (Å²) in [4.78, 5) is 14.7. The van der Waals surface area contributed by atoms with Gasteiger partial charge in [0.05, 0.1) is 11.6 Å². The molecule has 0 unspecified atom stereocenters. The van der Waals surface area contributed by atoms with Gasteiger partial charge in [0.2, 0.25) is 5.91 Å². The Bertz CT molecular complexity index is 889. The number of hydrogen-bond donors (Lipinski definition) is 0. The maximum atomic E-state index is 12.9. The first-order chi connectivity index (χ1) is 11.7. The number of ether oxygens (including phenoxy) is 1. The third kappa shape index (κ3) is 2.60. The van der Waals surface area contributed by atoms with Crippen LogP contribution in [0.25, 0.3) is 11.0 Å². The molecular formula is C18H18N4O2. The van der Waals surface area contributed by atoms with E-state index in [0.717, 1.165) is 22.3 Å². The van der Waals surface area contributed by atoms with Crippen molar-refractivity contribution in [3.63, 3.8) is 0 Å². The average molecular weight is 322 g/mol. The highest BCUT2D eigenvalue weighted by Gasteiger charge is 2.26. The molecule has 122 valence electrons. The summed E-state index contributed by atoms with van der Waals surface area (Å²) < 4.78 is 7.47. The minimum atomic E-state index is -0.000291. The Morgan fingerprint density at radius 1 is 1.21 bits per heavy atom. The summed E-state index contributed by atoms with van der Waals surface area (Å²) in [6.45, 7) is 3.21. The van der Waals surface area contributed by atoms with Gasteiger partial charge in [-0.2, -0.15) is 0 Å². The fourth-order valence-corrected chi connectivity index (χ4v) is 3.00. The second-order valence-electron chi connectivity index (χ2n) is 6.03. The van der Waals surface area contributed by atoms with E-state index in [1.807, 2.05) is 60.4 Å². The molecule has 0 N–H and O–H groups in total. The van der Waals surface area contributed by atoms with E-state index in [-0.39, 0.29) is 18.5 Å². The Kier molecular flexibility index (Phi) is 3.65. The second-order valence-corrected chi connectivity index (χ2v) is 6.03. The molecule has 1 aromatic heterocycles. The van der Waals surface area contributed by atoms with Crippen LogP contribution in [0.5, 0.6) is 5.75 Å². The van der Waals surface area contributed by atoms with Gasteiger partial charge in [0.1, 0.15) is 24.4 Å². The van der Waals surface area contributed by atoms with Gasteiger partial charge in [0, 0.05) is 12.1 Å². The number of aromatic nitrogens is 3. The van der Waals surface area contributed by atoms with Gasteiger partial charge in [-0.3, -0.25) is 4.79 Å². The molecule has 1 amide bonds. The lowest BCUT2D eigenvalue weighted by atomic mass is 10.2. The summed E-state index contributed by atoms with van der Waals surface area (Å²) >= 11 is 0. The van der Waals surface area contributed by atoms with E-state index in [2.05, 4.69) is 10.3 Å². The van der Waals surface area contributed by atoms with Crippen LogP contribution in [-0.4, -0.2) is 38.4 Å². The number of amides is 1. The predicted molar refractivity (Wildman–Crippen MR) is 89.5 cm³/mol. The maximum absolute atomic E-state index is 12.9. The van der Waals surface area contributed by atoms with Crippen LogP contribution in [0.15, 0.2) is 48.5 Å². The molecule has 1 atom stereocenters. The molecule has 2 aromatic carbocycles. The first kappa shape index (κ1) is 14.7. The Morgan fingerprint density at radius 2 is 2.00 bits per heavy atom. The lowest BCUT2D eigenvalue weighted by Crippen LogP contribution is -2.41. The van der Waals surface area contributed by atoms with Gasteiger partial charge in [0.15, 0.2) is 0 Å². The van der Waals surface area contributed by atoms with Crippen molar-refractivity contribution < 1.29 is 9.53 Å². The fourth-order valence-electron chi connectivity index (χ4n) is 3.00. The lowest BCUT2D eigenvalue weighted by molar-refractivity contribution is -0.135. The molecule has 6 heteroatoms. The number of nitrogens with zero attached hydrogens (tertiary/aromatic N) is 4. The Balaban J connectivity index is 1.59. The lowest BCUT2D eigenvalue weighted by Gasteiger charge is -2.26. The van der Waals surface area contributed by atoms with Crippen molar-refractivity contribution >= 4 is 16.9 Å². The van der Waals surface area contributed by atoms with E-state index < -0.39 is 0 Å². The van der Waals surface area contributed by atoms with Gasteiger partial charge in [-0.05, 0) is 25.1 Å². The summed E-state index contributed by atoms with van der Waals surface area (Å²) in [6.07, 6.45) is 0. The highest BCUT2D eigenvalue weighted by atomic mass is 16.5. The Morgan fingerprint density at radius 3 is 2.92 bits per heavy atom. The molecule has 0 fully saturated rings. The van der Waals surface area contributed by atoms with Crippen LogP contribution in [-0.2, 0) is 17.9 Å². The second kappa shape index (κ2) is 5.96. The van der Waals surface area contributed by atoms with Crippen molar-refractivity contribution in [1.29, 1.82) is 0 Å². The van der Waals surface area contributed by atoms with Gasteiger partial charge in [0.25, 0.3) is 0 Å². The number of para-hydroxylation sites is 2. The van der Waals surface area contributed by atoms with E-state index in [4.69, 9.17) is 4.74 Å². The molecule has 0 spiro atoms. The number of carbonyl (C=O) groups is 1. The highest BCUT2D eigenvalue weighted by Crippen LogP contribution is 2.25. The molecule has 6 nitrogen and oxygen atoms in total. The van der Waals surface area contributed by atoms with E-state index in [0.29, 0.717) is 13.2 Å². The van der Waals surface area contributed by atoms with E-state index >= 15 is 0 Å². The van der Waals surface area contributed by atoms with Crippen LogP contribution in [0.3, 0.4) is 0 Å². The summed E-state index contributed by atoms with van der Waals surface area (Å²) in [6, 6.07) is 15.5. The quantitative estimate of drug-likeness (QED) is 0.726. The van der Waals surface area contributed by atoms with Crippen molar-refractivity contribution in [1.82, 2.24) is 19.9 Å². The van der Waals surface area contributed by atoms with Crippen molar-refractivity contribution in [2.45, 2.75) is 26.1 Å². The molecule has 0 bridgehead atoms. The fraction of sp³-hybridized carbons (Fsp3) is 0.278. The van der Waals surface area contributed by atoms with Crippen LogP contribution >= 0.6 is 0 Å². The topological polar surface area (TPSA) is 60.2 Å². The molecular weight excluding hydrogens is 304 g/mol. The minimum absolute atomic E-state index is 0.000291. The van der Waals surface area contributed by atoms with Crippen LogP contribution in [0, 0.1) is 0 Å². The molecule has 3 aromatic rings. The van der Waals surface area contributed by atoms with Gasteiger partial charge in [-0.25, -0.2) is 4.68 Å². The molecule has 2 heterocycles. The third-order valence-electron chi connectivity index (χ3n) is 4.35. The number of hydrogen-bond acceptors (Lipinski definition) is 4. The smallest absolute Gasteiger partial charge is 0.245 e. The zero-order valence-corrected chi connectivity index (χ0v) is 13.4. The van der Waals surface area contributed by atoms with Gasteiger partial charge >= 0.3 is 0 Å². The third-order valence-corrected chi connectivity index (χ3v) is 4.35. The SMILES string of the molecule is C[C@@H]1COc2ccccc2CN1C(=O)Cn1nnc2ccccc21. The number of carbonyl (C=O) groups excluding carboxylic acids is 1. The Hall–Kier alpha value is -2.89. The van der Waals surface area contributed by atoms with Gasteiger partial charge in [-0.1, -0.05) is 35.5 Å². The molecule has 0 radical (unpaired) electrons. The molecule has 24 heavy (non-hydrogen) atoms. The van der Waals surface area contributed by atoms with Crippen LogP contribution in [0.1, 0.15) is 12.5 Å². The highest BCUT2D eigenvalue weighted by molar-refractivity contribution is 5.80. The Labute approximate surface area is 139 Å². The summed E-state index contributed by atoms with van der Waals surface area (Å²) in [7, 11) is 0. The zero-order chi connectivity index (χ0) is 16.5. The summed E-state index contributed by atoms with van der Waals surface area (Å²) in [5.41, 5.74) is 2.69. The first-order valence-electron chi connectivity index (χ1n) is 8.01. The molecule has 0 saturated carbocycles. The summed E-state index contributed by atoms with van der Waals surface area (Å²) in [5.74, 6) is 0.865. The van der Waals surface area contributed by atoms with Crippen molar-refractivity contribution in [2.75, 3.05) is 6.61 Å². The maximum Gasteiger partial charge on any atom is 0.245 e. The average Bonchev–Trinajstić information content (AvgIpc) is 2.92. The van der Waals surface area contributed by atoms with Gasteiger partial charge in [-0.15, -0.1) is 5.10 Å². The molecule has 4 rings (SSSR count). The van der Waals surface area contributed by atoms with Crippen molar-refractivity contribution in [3.8, 4) is 5.75 Å². The molecule has 0 saturated heterocycles. The first-order valence-corrected chi connectivity index (χ1v) is 8.01. The predicted octanol–water partition coefficient (Wildman–Crippen LogP) is 2.24. The van der Waals surface area contributed by atoms with Crippen LogP contribution < -0.4 is 4.74 Å². The molecule has 1 aliphatic heterocycles. The molecule has 0 aliphatic carbocycles. The van der Waals surface area contributed by atoms with E-state index in [1.54, 1.807) is 4.68 Å². The minimum Gasteiger partial charge on any atom is -0.491 e. The van der Waals surface area contributed by atoms with E-state index in [1.165, 1.54) is 0 Å². The standard InChI is InChI=1S/C18H18N4O2/c1-13-12-24-17-9-5-2-6-14(17)10-21(13)18(23)11-22-16-8-4-3-7-15(16)19-20-22/h2-9,13H,10-12H2,1H3/t13-/m1/s1. The largest absolute Gasteiger partial charge is 0.491 e. The van der Waals surface area contributed by atoms with Gasteiger partial charge < -0.3 is 9.64 Å². The monoisotopic (exact) mass is 322 g/mol. The number of rotatable bonds is 2. The zero-order valence-electron chi connectivity index (χ0n) is 13.4. The van der Waals surface area contributed by atoms with Crippen LogP contribution in [0.2, 0.25) is 0 Å². The molecule has 1 aliphatic rings. The summed E-state index contributed by atoms with van der Waals surface area (Å²) in [5, 5.41) is 8.22. The van der Waals surface area contributed by atoms with Crippen molar-refractivity contribution in [3.05, 3.63) is 54.1 Å². The number of fused-ring (bicyclic) bond motifs is 2. The van der Waals surface area contributed by atoms with Crippen molar-refractivity contribution in [2.24, 2.45) is 0 Å². The van der Waals surface area contributed by atoms with E-state index in [9.17, 15) is 4.79 Å². The normalized spacial score (nSPS) is 17.2. The van der Waals surface area contributed by atoms with Crippen LogP contribution in [0.4, 0.5) is 0 Å².